The molecule has 0 radical (unpaired) electrons. The van der Waals surface area contributed by atoms with Crippen LogP contribution in [0.15, 0.2) is 28.2 Å². The highest BCUT2D eigenvalue weighted by Crippen LogP contribution is 2.32. The first-order valence-electron chi connectivity index (χ1n) is 6.38. The summed E-state index contributed by atoms with van der Waals surface area (Å²) in [5.41, 5.74) is 1.28. The third kappa shape index (κ3) is 2.79. The molecule has 1 heterocycles. The molecule has 1 aliphatic rings. The first-order chi connectivity index (χ1) is 8.72. The number of nitrogens with one attached hydrogen (secondary N) is 1. The van der Waals surface area contributed by atoms with Crippen LogP contribution in [0.1, 0.15) is 44.4 Å². The fraction of sp³-hybridized carbons (Fsp3) is 0.538. The number of hydrogen-bond acceptors (Lipinski definition) is 4. The van der Waals surface area contributed by atoms with Crippen LogP contribution in [0.25, 0.3) is 0 Å². The van der Waals surface area contributed by atoms with Gasteiger partial charge in [-0.3, -0.25) is 10.1 Å². The molecule has 0 bridgehead atoms. The van der Waals surface area contributed by atoms with Crippen LogP contribution in [-0.4, -0.2) is 11.5 Å². The molecular formula is C13H18N2O3. The summed E-state index contributed by atoms with van der Waals surface area (Å²) >= 11 is 0. The number of nitro groups is 1. The summed E-state index contributed by atoms with van der Waals surface area (Å²) < 4.78 is 5.31. The highest BCUT2D eigenvalue weighted by Gasteiger charge is 2.23. The lowest BCUT2D eigenvalue weighted by atomic mass is 10.0. The smallest absolute Gasteiger partial charge is 0.404 e. The van der Waals surface area contributed by atoms with E-state index in [-0.39, 0.29) is 11.9 Å². The van der Waals surface area contributed by atoms with E-state index >= 15 is 0 Å². The van der Waals surface area contributed by atoms with Crippen molar-refractivity contribution in [2.45, 2.75) is 38.6 Å². The molecule has 0 aromatic carbocycles. The Morgan fingerprint density at radius 1 is 1.56 bits per heavy atom. The quantitative estimate of drug-likeness (QED) is 0.477. The Morgan fingerprint density at radius 3 is 2.94 bits per heavy atom. The zero-order valence-electron chi connectivity index (χ0n) is 10.5. The molecule has 0 aliphatic heterocycles. The summed E-state index contributed by atoms with van der Waals surface area (Å²) in [7, 11) is 0. The second kappa shape index (κ2) is 5.82. The summed E-state index contributed by atoms with van der Waals surface area (Å²) in [5, 5.41) is 14.0. The molecule has 18 heavy (non-hydrogen) atoms. The monoisotopic (exact) mass is 250 g/mol. The molecule has 2 rings (SSSR count). The zero-order valence-corrected chi connectivity index (χ0v) is 10.5. The SMILES string of the molecule is CCCNC(C1=CCCC1)c1ccc([N+](=O)[O-])o1. The summed E-state index contributed by atoms with van der Waals surface area (Å²) in [6.45, 7) is 2.97. The second-order valence-corrected chi connectivity index (χ2v) is 4.49. The molecule has 1 aliphatic carbocycles. The highest BCUT2D eigenvalue weighted by atomic mass is 16.6. The second-order valence-electron chi connectivity index (χ2n) is 4.49. The minimum absolute atomic E-state index is 0.0128. The average Bonchev–Trinajstić information content (AvgIpc) is 3.00. The van der Waals surface area contributed by atoms with Crippen LogP contribution in [0.2, 0.25) is 0 Å². The third-order valence-corrected chi connectivity index (χ3v) is 3.12. The van der Waals surface area contributed by atoms with Gasteiger partial charge in [-0.1, -0.05) is 13.0 Å². The van der Waals surface area contributed by atoms with Crippen LogP contribution in [0.3, 0.4) is 0 Å². The van der Waals surface area contributed by atoms with Crippen molar-refractivity contribution in [2.24, 2.45) is 0 Å². The molecule has 5 heteroatoms. The van der Waals surface area contributed by atoms with Crippen molar-refractivity contribution in [3.05, 3.63) is 39.7 Å². The predicted molar refractivity (Wildman–Crippen MR) is 68.3 cm³/mol. The lowest BCUT2D eigenvalue weighted by Gasteiger charge is -2.17. The van der Waals surface area contributed by atoms with Gasteiger partial charge in [0, 0.05) is 0 Å². The van der Waals surface area contributed by atoms with Crippen molar-refractivity contribution >= 4 is 5.88 Å². The summed E-state index contributed by atoms with van der Waals surface area (Å²) in [5.74, 6) is 0.454. The van der Waals surface area contributed by atoms with E-state index in [4.69, 9.17) is 4.42 Å². The van der Waals surface area contributed by atoms with Gasteiger partial charge in [0.25, 0.3) is 0 Å². The molecule has 1 aromatic rings. The highest BCUT2D eigenvalue weighted by molar-refractivity contribution is 5.27. The van der Waals surface area contributed by atoms with Crippen LogP contribution in [0.4, 0.5) is 5.88 Å². The maximum absolute atomic E-state index is 10.6. The van der Waals surface area contributed by atoms with Crippen molar-refractivity contribution in [2.75, 3.05) is 6.54 Å². The van der Waals surface area contributed by atoms with Gasteiger partial charge in [-0.15, -0.1) is 0 Å². The number of furan rings is 1. The number of allylic oxidation sites excluding steroid dienone is 1. The normalized spacial score (nSPS) is 16.6. The zero-order chi connectivity index (χ0) is 13.0. The maximum Gasteiger partial charge on any atom is 0.433 e. The van der Waals surface area contributed by atoms with Crippen LogP contribution in [0.5, 0.6) is 0 Å². The van der Waals surface area contributed by atoms with E-state index in [1.165, 1.54) is 11.6 Å². The molecule has 98 valence electrons. The van der Waals surface area contributed by atoms with Crippen molar-refractivity contribution in [1.82, 2.24) is 5.32 Å². The molecule has 1 N–H and O–H groups in total. The Balaban J connectivity index is 2.18. The standard InChI is InChI=1S/C13H18N2O3/c1-2-9-14-13(10-5-3-4-6-10)11-7-8-12(18-11)15(16)17/h5,7-8,13-14H,2-4,6,9H2,1H3. The van der Waals surface area contributed by atoms with Crippen LogP contribution in [0, 0.1) is 10.1 Å². The molecular weight excluding hydrogens is 232 g/mol. The molecule has 0 amide bonds. The van der Waals surface area contributed by atoms with Gasteiger partial charge < -0.3 is 9.73 Å². The fourth-order valence-corrected chi connectivity index (χ4v) is 2.26. The average molecular weight is 250 g/mol. The van der Waals surface area contributed by atoms with Gasteiger partial charge in [0.05, 0.1) is 12.1 Å². The topological polar surface area (TPSA) is 68.3 Å². The predicted octanol–water partition coefficient (Wildman–Crippen LogP) is 3.34. The number of nitrogens with zero attached hydrogens (tertiary/aromatic N) is 1. The van der Waals surface area contributed by atoms with Gasteiger partial charge in [0.1, 0.15) is 10.7 Å². The molecule has 0 spiro atoms. The van der Waals surface area contributed by atoms with Gasteiger partial charge in [-0.2, -0.15) is 0 Å². The molecule has 0 saturated heterocycles. The third-order valence-electron chi connectivity index (χ3n) is 3.12. The number of rotatable bonds is 6. The minimum Gasteiger partial charge on any atom is -0.404 e. The Hall–Kier alpha value is -1.62. The van der Waals surface area contributed by atoms with E-state index in [1.54, 1.807) is 6.07 Å². The van der Waals surface area contributed by atoms with Crippen molar-refractivity contribution in [3.8, 4) is 0 Å². The van der Waals surface area contributed by atoms with Crippen LogP contribution in [-0.2, 0) is 0 Å². The van der Waals surface area contributed by atoms with E-state index in [1.807, 2.05) is 0 Å². The summed E-state index contributed by atoms with van der Waals surface area (Å²) in [6.07, 6.45) is 6.51. The largest absolute Gasteiger partial charge is 0.433 e. The molecule has 1 unspecified atom stereocenters. The Bertz CT molecular complexity index is 451. The first-order valence-corrected chi connectivity index (χ1v) is 6.38. The maximum atomic E-state index is 10.6. The molecule has 1 atom stereocenters. The molecule has 0 fully saturated rings. The lowest BCUT2D eigenvalue weighted by Crippen LogP contribution is -2.23. The van der Waals surface area contributed by atoms with E-state index in [0.29, 0.717) is 5.76 Å². The van der Waals surface area contributed by atoms with Crippen LogP contribution < -0.4 is 5.32 Å². The van der Waals surface area contributed by atoms with Gasteiger partial charge in [-0.25, -0.2) is 0 Å². The van der Waals surface area contributed by atoms with E-state index in [2.05, 4.69) is 18.3 Å². The molecule has 0 saturated carbocycles. The Labute approximate surface area is 106 Å². The van der Waals surface area contributed by atoms with Crippen molar-refractivity contribution < 1.29 is 9.34 Å². The molecule has 5 nitrogen and oxygen atoms in total. The summed E-state index contributed by atoms with van der Waals surface area (Å²) in [6, 6.07) is 3.11. The lowest BCUT2D eigenvalue weighted by molar-refractivity contribution is -0.402. The summed E-state index contributed by atoms with van der Waals surface area (Å²) in [4.78, 5) is 10.2. The van der Waals surface area contributed by atoms with E-state index < -0.39 is 4.92 Å². The van der Waals surface area contributed by atoms with Gasteiger partial charge in [0.2, 0.25) is 0 Å². The Kier molecular flexibility index (Phi) is 4.15. The van der Waals surface area contributed by atoms with E-state index in [0.717, 1.165) is 32.2 Å². The number of hydrogen-bond donors (Lipinski definition) is 1. The first kappa shape index (κ1) is 12.8. The van der Waals surface area contributed by atoms with Crippen molar-refractivity contribution in [1.29, 1.82) is 0 Å². The minimum atomic E-state index is -0.497. The van der Waals surface area contributed by atoms with E-state index in [9.17, 15) is 10.1 Å². The van der Waals surface area contributed by atoms with Gasteiger partial charge in [0.15, 0.2) is 0 Å². The van der Waals surface area contributed by atoms with Crippen LogP contribution >= 0.6 is 0 Å². The van der Waals surface area contributed by atoms with Gasteiger partial charge >= 0.3 is 5.88 Å². The Morgan fingerprint density at radius 2 is 2.39 bits per heavy atom. The van der Waals surface area contributed by atoms with Gasteiger partial charge in [-0.05, 0) is 43.9 Å². The fourth-order valence-electron chi connectivity index (χ4n) is 2.26. The van der Waals surface area contributed by atoms with Crippen molar-refractivity contribution in [3.63, 3.8) is 0 Å². The molecule has 1 aromatic heterocycles.